The number of nitrogens with one attached hydrogen (secondary N) is 1. The number of aliphatic hydroxyl groups is 1. The first-order valence-electron chi connectivity index (χ1n) is 12.6. The first kappa shape index (κ1) is 24.1. The van der Waals surface area contributed by atoms with Crippen molar-refractivity contribution in [2.45, 2.75) is 59.6 Å². The molecule has 1 aliphatic heterocycles. The van der Waals surface area contributed by atoms with Crippen LogP contribution >= 0.6 is 0 Å². The molecule has 0 radical (unpaired) electrons. The normalized spacial score (nSPS) is 15.8. The molecule has 3 heterocycles. The molecule has 0 saturated carbocycles. The van der Waals surface area contributed by atoms with Crippen molar-refractivity contribution >= 4 is 28.5 Å². The number of anilines is 3. The summed E-state index contributed by atoms with van der Waals surface area (Å²) in [6.45, 7) is 11.3. The molecule has 0 bridgehead atoms. The molecule has 5 rings (SSSR count). The Morgan fingerprint density at radius 2 is 1.92 bits per heavy atom. The Hall–Kier alpha value is -3.65. The number of aromatic nitrogens is 4. The third-order valence-corrected chi connectivity index (χ3v) is 6.92. The van der Waals surface area contributed by atoms with Gasteiger partial charge >= 0.3 is 0 Å². The molecule has 4 aromatic rings. The van der Waals surface area contributed by atoms with E-state index in [2.05, 4.69) is 48.1 Å². The zero-order chi connectivity index (χ0) is 25.4. The quantitative estimate of drug-likeness (QED) is 0.370. The summed E-state index contributed by atoms with van der Waals surface area (Å²) in [5, 5.41) is 14.2. The van der Waals surface area contributed by atoms with Crippen LogP contribution in [0.2, 0.25) is 0 Å². The lowest BCUT2D eigenvalue weighted by atomic mass is 10.0. The first-order valence-corrected chi connectivity index (χ1v) is 12.6. The monoisotopic (exact) mass is 486 g/mol. The molecule has 2 aromatic carbocycles. The number of aryl methyl sites for hydroxylation is 2. The molecule has 1 atom stereocenters. The van der Waals surface area contributed by atoms with Gasteiger partial charge in [-0.05, 0) is 88.4 Å². The van der Waals surface area contributed by atoms with Crippen molar-refractivity contribution in [1.82, 2.24) is 19.5 Å². The summed E-state index contributed by atoms with van der Waals surface area (Å²) in [6, 6.07) is 10.3. The molecule has 0 amide bonds. The van der Waals surface area contributed by atoms with Gasteiger partial charge in [0.15, 0.2) is 5.82 Å². The number of para-hydroxylation sites is 1. The fraction of sp³-hybridized carbons (Fsp3) is 0.393. The van der Waals surface area contributed by atoms with Gasteiger partial charge in [-0.1, -0.05) is 6.07 Å². The third kappa shape index (κ3) is 4.60. The SMILES string of the molecule is Cc1cc(-n2cnc(Nc3nc(N4CCCC4CO)c4cccc(OC(C)C)c4n3)c2)cc(C)c1C. The molecule has 8 heteroatoms. The molecule has 1 aliphatic rings. The number of hydrogen-bond acceptors (Lipinski definition) is 7. The second-order valence-corrected chi connectivity index (χ2v) is 9.86. The minimum Gasteiger partial charge on any atom is -0.489 e. The van der Waals surface area contributed by atoms with E-state index in [1.165, 1.54) is 16.7 Å². The molecular formula is C28H34N6O2. The van der Waals surface area contributed by atoms with E-state index < -0.39 is 0 Å². The largest absolute Gasteiger partial charge is 0.489 e. The third-order valence-electron chi connectivity index (χ3n) is 6.92. The molecule has 8 nitrogen and oxygen atoms in total. The Morgan fingerprint density at radius 1 is 1.14 bits per heavy atom. The van der Waals surface area contributed by atoms with Gasteiger partial charge in [0.25, 0.3) is 0 Å². The fourth-order valence-corrected chi connectivity index (χ4v) is 4.84. The smallest absolute Gasteiger partial charge is 0.231 e. The molecule has 1 unspecified atom stereocenters. The van der Waals surface area contributed by atoms with Crippen LogP contribution in [0.4, 0.5) is 17.6 Å². The van der Waals surface area contributed by atoms with E-state index in [4.69, 9.17) is 14.7 Å². The first-order chi connectivity index (χ1) is 17.3. The van der Waals surface area contributed by atoms with Gasteiger partial charge < -0.3 is 24.6 Å². The summed E-state index contributed by atoms with van der Waals surface area (Å²) < 4.78 is 8.09. The van der Waals surface area contributed by atoms with Crippen LogP contribution in [0.3, 0.4) is 0 Å². The van der Waals surface area contributed by atoms with Gasteiger partial charge in [-0.25, -0.2) is 9.97 Å². The average molecular weight is 487 g/mol. The number of hydrogen-bond donors (Lipinski definition) is 2. The lowest BCUT2D eigenvalue weighted by molar-refractivity contribution is 0.245. The molecule has 2 N–H and O–H groups in total. The maximum Gasteiger partial charge on any atom is 0.231 e. The van der Waals surface area contributed by atoms with Crippen LogP contribution in [-0.4, -0.2) is 49.9 Å². The number of nitrogens with zero attached hydrogens (tertiary/aromatic N) is 5. The molecule has 0 aliphatic carbocycles. The number of aliphatic hydroxyl groups excluding tert-OH is 1. The maximum absolute atomic E-state index is 9.98. The Balaban J connectivity index is 1.55. The Bertz CT molecular complexity index is 1370. The van der Waals surface area contributed by atoms with E-state index in [9.17, 15) is 5.11 Å². The average Bonchev–Trinajstić information content (AvgIpc) is 3.51. The Kier molecular flexibility index (Phi) is 6.53. The predicted octanol–water partition coefficient (Wildman–Crippen LogP) is 5.23. The van der Waals surface area contributed by atoms with Crippen molar-refractivity contribution in [3.63, 3.8) is 0 Å². The summed E-state index contributed by atoms with van der Waals surface area (Å²) in [7, 11) is 0. The zero-order valence-electron chi connectivity index (χ0n) is 21.6. The second-order valence-electron chi connectivity index (χ2n) is 9.86. The van der Waals surface area contributed by atoms with E-state index in [1.807, 2.05) is 42.8 Å². The number of rotatable bonds is 7. The van der Waals surface area contributed by atoms with Crippen molar-refractivity contribution in [3.8, 4) is 11.4 Å². The van der Waals surface area contributed by atoms with Crippen LogP contribution in [-0.2, 0) is 0 Å². The number of fused-ring (bicyclic) bond motifs is 1. The van der Waals surface area contributed by atoms with E-state index in [1.54, 1.807) is 6.33 Å². The summed E-state index contributed by atoms with van der Waals surface area (Å²) in [6.07, 6.45) is 5.71. The molecule has 188 valence electrons. The Morgan fingerprint density at radius 3 is 2.64 bits per heavy atom. The molecule has 2 aromatic heterocycles. The van der Waals surface area contributed by atoms with Gasteiger partial charge in [-0.15, -0.1) is 0 Å². The van der Waals surface area contributed by atoms with E-state index in [0.29, 0.717) is 17.5 Å². The van der Waals surface area contributed by atoms with Gasteiger partial charge in [0.05, 0.1) is 24.9 Å². The standard InChI is InChI=1S/C28H34N6O2/c1-17(2)36-24-10-6-9-23-26(24)31-28(32-27(23)34-11-7-8-21(34)15-35)30-25-14-33(16-29-25)22-12-18(3)20(5)19(4)13-22/h6,9-10,12-14,16-17,21,35H,7-8,11,15H2,1-5H3,(H,30,31,32). The summed E-state index contributed by atoms with van der Waals surface area (Å²) in [4.78, 5) is 16.5. The summed E-state index contributed by atoms with van der Waals surface area (Å²) in [5.41, 5.74) is 5.60. The second kappa shape index (κ2) is 9.78. The molecule has 1 saturated heterocycles. The highest BCUT2D eigenvalue weighted by Crippen LogP contribution is 2.35. The fourth-order valence-electron chi connectivity index (χ4n) is 4.84. The summed E-state index contributed by atoms with van der Waals surface area (Å²) in [5.74, 6) is 2.61. The lowest BCUT2D eigenvalue weighted by Crippen LogP contribution is -2.33. The van der Waals surface area contributed by atoms with Crippen LogP contribution in [0.5, 0.6) is 5.75 Å². The number of ether oxygens (including phenoxy) is 1. The van der Waals surface area contributed by atoms with Crippen LogP contribution in [0.1, 0.15) is 43.4 Å². The van der Waals surface area contributed by atoms with Gasteiger partial charge in [0, 0.05) is 17.6 Å². The minimum atomic E-state index is 0.0134. The van der Waals surface area contributed by atoms with Gasteiger partial charge in [-0.3, -0.25) is 0 Å². The highest BCUT2D eigenvalue weighted by atomic mass is 16.5. The van der Waals surface area contributed by atoms with Crippen molar-refractivity contribution in [2.24, 2.45) is 0 Å². The molecular weight excluding hydrogens is 452 g/mol. The van der Waals surface area contributed by atoms with Crippen molar-refractivity contribution in [2.75, 3.05) is 23.4 Å². The van der Waals surface area contributed by atoms with Crippen molar-refractivity contribution in [1.29, 1.82) is 0 Å². The van der Waals surface area contributed by atoms with Gasteiger partial charge in [0.2, 0.25) is 5.95 Å². The highest BCUT2D eigenvalue weighted by Gasteiger charge is 2.28. The van der Waals surface area contributed by atoms with Crippen LogP contribution in [0.15, 0.2) is 42.9 Å². The maximum atomic E-state index is 9.98. The topological polar surface area (TPSA) is 88.3 Å². The van der Waals surface area contributed by atoms with Crippen molar-refractivity contribution in [3.05, 3.63) is 59.5 Å². The number of benzene rings is 2. The molecule has 1 fully saturated rings. The molecule has 36 heavy (non-hydrogen) atoms. The van der Waals surface area contributed by atoms with Crippen LogP contribution in [0.25, 0.3) is 16.6 Å². The van der Waals surface area contributed by atoms with Gasteiger partial charge in [-0.2, -0.15) is 4.98 Å². The zero-order valence-corrected chi connectivity index (χ0v) is 21.6. The van der Waals surface area contributed by atoms with E-state index in [0.717, 1.165) is 41.8 Å². The van der Waals surface area contributed by atoms with E-state index >= 15 is 0 Å². The minimum absolute atomic E-state index is 0.0134. The molecule has 0 spiro atoms. The Labute approximate surface area is 212 Å². The highest BCUT2D eigenvalue weighted by molar-refractivity contribution is 5.94. The van der Waals surface area contributed by atoms with Gasteiger partial charge in [0.1, 0.15) is 23.4 Å². The van der Waals surface area contributed by atoms with Crippen LogP contribution < -0.4 is 15.0 Å². The van der Waals surface area contributed by atoms with Crippen molar-refractivity contribution < 1.29 is 9.84 Å². The summed E-state index contributed by atoms with van der Waals surface area (Å²) >= 11 is 0. The van der Waals surface area contributed by atoms with Crippen LogP contribution in [0, 0.1) is 20.8 Å². The van der Waals surface area contributed by atoms with E-state index in [-0.39, 0.29) is 18.8 Å². The number of imidazole rings is 1. The predicted molar refractivity (Wildman–Crippen MR) is 144 cm³/mol. The lowest BCUT2D eigenvalue weighted by Gasteiger charge is -2.26.